The second-order valence-corrected chi connectivity index (χ2v) is 11.3. The van der Waals surface area contributed by atoms with E-state index >= 15 is 0 Å². The fraction of sp³-hybridized carbons (Fsp3) is 0.552. The quantitative estimate of drug-likeness (QED) is 0.432. The van der Waals surface area contributed by atoms with Gasteiger partial charge in [-0.1, -0.05) is 31.6 Å². The van der Waals surface area contributed by atoms with Gasteiger partial charge < -0.3 is 25.1 Å². The molecule has 2 N–H and O–H groups in total. The molecule has 2 fully saturated rings. The number of morpholine rings is 1. The van der Waals surface area contributed by atoms with Gasteiger partial charge in [-0.2, -0.15) is 0 Å². The van der Waals surface area contributed by atoms with Crippen LogP contribution in [0.15, 0.2) is 47.3 Å². The Morgan fingerprint density at radius 3 is 2.72 bits per heavy atom. The molecule has 39 heavy (non-hydrogen) atoms. The van der Waals surface area contributed by atoms with E-state index in [1.807, 2.05) is 26.8 Å². The molecule has 0 radical (unpaired) electrons. The Labute approximate surface area is 230 Å². The lowest BCUT2D eigenvalue weighted by Crippen LogP contribution is -2.59. The minimum Gasteiger partial charge on any atom is -0.368 e. The second-order valence-electron chi connectivity index (χ2n) is 11.3. The molecule has 2 unspecified atom stereocenters. The lowest BCUT2D eigenvalue weighted by atomic mass is 9.91. The third kappa shape index (κ3) is 7.39. The Morgan fingerprint density at radius 2 is 2.00 bits per heavy atom. The van der Waals surface area contributed by atoms with Gasteiger partial charge in [-0.3, -0.25) is 19.4 Å². The van der Waals surface area contributed by atoms with Crippen LogP contribution in [0.4, 0.5) is 4.39 Å². The number of hydrogen-bond acceptors (Lipinski definition) is 7. The summed E-state index contributed by atoms with van der Waals surface area (Å²) in [6, 6.07) is 6.51. The van der Waals surface area contributed by atoms with Crippen LogP contribution in [0.5, 0.6) is 0 Å². The monoisotopic (exact) mass is 541 g/mol. The van der Waals surface area contributed by atoms with Gasteiger partial charge in [0.25, 0.3) is 0 Å². The molecule has 1 aromatic carbocycles. The lowest BCUT2D eigenvalue weighted by molar-refractivity contribution is -0.131. The summed E-state index contributed by atoms with van der Waals surface area (Å²) >= 11 is 0. The maximum Gasteiger partial charge on any atom is 0.241 e. The van der Waals surface area contributed by atoms with Crippen molar-refractivity contribution in [1.29, 1.82) is 0 Å². The number of carbonyl (C=O) groups is 3. The molecular weight excluding hydrogens is 501 g/mol. The van der Waals surface area contributed by atoms with Crippen LogP contribution in [0, 0.1) is 11.2 Å². The maximum atomic E-state index is 13.8. The molecular formula is C29H40FN5O4. The van der Waals surface area contributed by atoms with E-state index in [2.05, 4.69) is 20.4 Å². The molecule has 3 aliphatic rings. The van der Waals surface area contributed by atoms with Gasteiger partial charge in [0.05, 0.1) is 18.8 Å². The highest BCUT2D eigenvalue weighted by molar-refractivity contribution is 5.82. The number of nitrogens with zero attached hydrogens (tertiary/aromatic N) is 3. The van der Waals surface area contributed by atoms with Gasteiger partial charge in [-0.15, -0.1) is 0 Å². The third-order valence-corrected chi connectivity index (χ3v) is 7.67. The first-order valence-electron chi connectivity index (χ1n) is 13.6. The van der Waals surface area contributed by atoms with E-state index in [9.17, 15) is 18.8 Å². The van der Waals surface area contributed by atoms with Crippen molar-refractivity contribution in [1.82, 2.24) is 25.3 Å². The first-order chi connectivity index (χ1) is 18.7. The smallest absolute Gasteiger partial charge is 0.241 e. The number of amides is 2. The summed E-state index contributed by atoms with van der Waals surface area (Å²) in [6.07, 6.45) is 3.67. The summed E-state index contributed by atoms with van der Waals surface area (Å²) in [4.78, 5) is 42.8. The van der Waals surface area contributed by atoms with Gasteiger partial charge >= 0.3 is 0 Å². The zero-order valence-electron chi connectivity index (χ0n) is 23.1. The van der Waals surface area contributed by atoms with Gasteiger partial charge in [-0.25, -0.2) is 4.39 Å². The molecule has 9 nitrogen and oxygen atoms in total. The number of ether oxygens (including phenoxy) is 1. The normalized spacial score (nSPS) is 24.6. The number of halogens is 1. The minimum absolute atomic E-state index is 0.0220. The van der Waals surface area contributed by atoms with Crippen molar-refractivity contribution in [2.24, 2.45) is 5.41 Å². The van der Waals surface area contributed by atoms with E-state index in [1.54, 1.807) is 17.0 Å². The van der Waals surface area contributed by atoms with E-state index in [-0.39, 0.29) is 24.3 Å². The van der Waals surface area contributed by atoms with Crippen molar-refractivity contribution in [3.63, 3.8) is 0 Å². The molecule has 0 aliphatic carbocycles. The summed E-state index contributed by atoms with van der Waals surface area (Å²) in [6.45, 7) is 11.6. The topological polar surface area (TPSA) is 94.2 Å². The molecule has 212 valence electrons. The summed E-state index contributed by atoms with van der Waals surface area (Å²) < 4.78 is 18.8. The van der Waals surface area contributed by atoms with Crippen LogP contribution in [0.3, 0.4) is 0 Å². The summed E-state index contributed by atoms with van der Waals surface area (Å²) in [7, 11) is 0. The van der Waals surface area contributed by atoms with Crippen LogP contribution in [0.2, 0.25) is 0 Å². The Balaban J connectivity index is 1.51. The summed E-state index contributed by atoms with van der Waals surface area (Å²) in [5.41, 5.74) is 2.95. The van der Waals surface area contributed by atoms with E-state index < -0.39 is 11.5 Å². The summed E-state index contributed by atoms with van der Waals surface area (Å²) in [5, 5.41) is 6.30. The number of rotatable bonds is 10. The van der Waals surface area contributed by atoms with Gasteiger partial charge in [0.1, 0.15) is 18.2 Å². The van der Waals surface area contributed by atoms with Crippen molar-refractivity contribution in [3.8, 4) is 0 Å². The Hall–Kier alpha value is -2.92. The first-order valence-corrected chi connectivity index (χ1v) is 13.6. The molecule has 4 rings (SSSR count). The molecule has 0 saturated carbocycles. The number of piperazine rings is 1. The number of carbonyl (C=O) groups excluding carboxylic acids is 3. The Bertz CT molecular complexity index is 1100. The maximum absolute atomic E-state index is 13.8. The van der Waals surface area contributed by atoms with E-state index in [0.29, 0.717) is 38.2 Å². The fourth-order valence-corrected chi connectivity index (χ4v) is 5.68. The van der Waals surface area contributed by atoms with E-state index in [4.69, 9.17) is 4.74 Å². The molecule has 3 heterocycles. The minimum atomic E-state index is -0.431. The summed E-state index contributed by atoms with van der Waals surface area (Å²) in [5.74, 6) is -0.301. The highest BCUT2D eigenvalue weighted by atomic mass is 19.1. The van der Waals surface area contributed by atoms with Crippen LogP contribution in [0.25, 0.3) is 0 Å². The average Bonchev–Trinajstić information content (AvgIpc) is 3.16. The third-order valence-electron chi connectivity index (χ3n) is 7.67. The van der Waals surface area contributed by atoms with Gasteiger partial charge in [0.15, 0.2) is 0 Å². The molecule has 0 aromatic heterocycles. The molecule has 2 saturated heterocycles. The van der Waals surface area contributed by atoms with Crippen LogP contribution < -0.4 is 10.6 Å². The zero-order chi connectivity index (χ0) is 28.0. The molecule has 2 amide bonds. The Kier molecular flexibility index (Phi) is 9.66. The van der Waals surface area contributed by atoms with Crippen molar-refractivity contribution in [2.45, 2.75) is 39.3 Å². The number of nitrogens with one attached hydrogen (secondary N) is 2. The molecule has 2 atom stereocenters. The second kappa shape index (κ2) is 13.0. The molecule has 1 aromatic rings. The molecule has 10 heteroatoms. The SMILES string of the molecule is C/C(=C\C1=C(NC=O)C(C)(C)CN1C(=O)CN1CCNCC1CN1CCOC(C=O)C1)Cc1ccc(F)cc1. The molecule has 0 bridgehead atoms. The van der Waals surface area contributed by atoms with Crippen LogP contribution in [0.1, 0.15) is 26.3 Å². The fourth-order valence-electron chi connectivity index (χ4n) is 5.68. The lowest BCUT2D eigenvalue weighted by Gasteiger charge is -2.40. The number of benzene rings is 1. The van der Waals surface area contributed by atoms with Gasteiger partial charge in [-0.05, 0) is 37.1 Å². The van der Waals surface area contributed by atoms with Crippen molar-refractivity contribution in [2.75, 3.05) is 59.0 Å². The highest BCUT2D eigenvalue weighted by Gasteiger charge is 2.40. The largest absolute Gasteiger partial charge is 0.368 e. The number of aldehydes is 1. The van der Waals surface area contributed by atoms with Crippen molar-refractivity contribution in [3.05, 3.63) is 58.7 Å². The average molecular weight is 542 g/mol. The standard InChI is InChI=1S/C29H40FN5O4/c1-21(12-22-4-6-23(30)7-5-22)13-26-28(32-20-37)29(2,3)19-35(26)27(38)17-34-9-8-31-14-24(34)15-33-10-11-39-25(16-33)18-36/h4-7,13,18,20,24-25,31H,8-12,14-17,19H2,1-3H3,(H,32,37)/b21-13+. The van der Waals surface area contributed by atoms with Gasteiger partial charge in [0.2, 0.25) is 12.3 Å². The highest BCUT2D eigenvalue weighted by Crippen LogP contribution is 2.38. The van der Waals surface area contributed by atoms with Crippen LogP contribution in [-0.4, -0.2) is 104 Å². The predicted molar refractivity (Wildman–Crippen MR) is 146 cm³/mol. The first kappa shape index (κ1) is 29.1. The zero-order valence-corrected chi connectivity index (χ0v) is 23.1. The van der Waals surface area contributed by atoms with Crippen LogP contribution in [-0.2, 0) is 25.5 Å². The molecule has 3 aliphatic heterocycles. The van der Waals surface area contributed by atoms with E-state index in [1.165, 1.54) is 12.1 Å². The number of hydrogen-bond donors (Lipinski definition) is 2. The van der Waals surface area contributed by atoms with Crippen molar-refractivity contribution < 1.29 is 23.5 Å². The number of allylic oxidation sites excluding steroid dienone is 2. The Morgan fingerprint density at radius 1 is 1.23 bits per heavy atom. The van der Waals surface area contributed by atoms with Crippen LogP contribution >= 0.6 is 0 Å². The van der Waals surface area contributed by atoms with Gasteiger partial charge in [0, 0.05) is 63.0 Å². The van der Waals surface area contributed by atoms with Crippen molar-refractivity contribution >= 4 is 18.6 Å². The van der Waals surface area contributed by atoms with E-state index in [0.717, 1.165) is 55.8 Å². The molecule has 0 spiro atoms. The predicted octanol–water partition coefficient (Wildman–Crippen LogP) is 1.31.